The smallest absolute Gasteiger partial charge is 0.119 e. The quantitative estimate of drug-likeness (QED) is 0.253. The van der Waals surface area contributed by atoms with E-state index in [4.69, 9.17) is 9.72 Å². The third-order valence-electron chi connectivity index (χ3n) is 7.51. The molecule has 0 amide bonds. The van der Waals surface area contributed by atoms with Crippen LogP contribution in [-0.4, -0.2) is 11.6 Å². The number of hydrogen-bond donors (Lipinski definition) is 0. The molecule has 0 spiro atoms. The van der Waals surface area contributed by atoms with Gasteiger partial charge in [-0.3, -0.25) is 4.98 Å². The lowest BCUT2D eigenvalue weighted by Crippen LogP contribution is -2.15. The van der Waals surface area contributed by atoms with Gasteiger partial charge in [-0.15, -0.1) is 0 Å². The lowest BCUT2D eigenvalue weighted by molar-refractivity contribution is 0.248. The summed E-state index contributed by atoms with van der Waals surface area (Å²) in [6.45, 7) is 5.33. The summed E-state index contributed by atoms with van der Waals surface area (Å²) in [6.07, 6.45) is 22.6. The van der Waals surface area contributed by atoms with E-state index < -0.39 is 0 Å². The molecule has 1 aliphatic carbocycles. The van der Waals surface area contributed by atoms with Gasteiger partial charge in [0, 0.05) is 11.8 Å². The lowest BCUT2D eigenvalue weighted by atomic mass is 9.78. The van der Waals surface area contributed by atoms with Crippen LogP contribution in [0.25, 0.3) is 11.3 Å². The van der Waals surface area contributed by atoms with Crippen molar-refractivity contribution in [1.82, 2.24) is 4.98 Å². The minimum Gasteiger partial charge on any atom is -0.494 e. The highest BCUT2D eigenvalue weighted by Gasteiger charge is 2.20. The van der Waals surface area contributed by atoms with Crippen molar-refractivity contribution in [3.8, 4) is 17.0 Å². The van der Waals surface area contributed by atoms with Gasteiger partial charge in [0.1, 0.15) is 5.75 Å². The third kappa shape index (κ3) is 9.51. The number of pyridine rings is 1. The second-order valence-corrected chi connectivity index (χ2v) is 10.3. The van der Waals surface area contributed by atoms with Crippen molar-refractivity contribution in [3.63, 3.8) is 0 Å². The predicted molar refractivity (Wildman–Crippen MR) is 142 cm³/mol. The number of ether oxygens (including phenoxy) is 1. The molecule has 1 fully saturated rings. The first-order valence-corrected chi connectivity index (χ1v) is 14.0. The maximum atomic E-state index is 5.83. The van der Waals surface area contributed by atoms with E-state index >= 15 is 0 Å². The van der Waals surface area contributed by atoms with Gasteiger partial charge in [0.25, 0.3) is 0 Å². The Morgan fingerprint density at radius 3 is 2.06 bits per heavy atom. The van der Waals surface area contributed by atoms with Gasteiger partial charge in [0.05, 0.1) is 12.3 Å². The normalized spacial score (nSPS) is 18.4. The standard InChI is InChI=1S/C31H47NO/c1-3-5-7-8-9-11-26-12-14-27(15-13-26)16-17-28-18-23-31(32-25-28)29-19-21-30(22-20-29)33-24-10-6-4-2/h18-23,25-27H,3-17,24H2,1-2H3/t26-,27-. The van der Waals surface area contributed by atoms with Gasteiger partial charge in [0.15, 0.2) is 0 Å². The first-order valence-electron chi connectivity index (χ1n) is 14.0. The molecule has 0 bridgehead atoms. The van der Waals surface area contributed by atoms with Crippen molar-refractivity contribution in [2.24, 2.45) is 11.8 Å². The Labute approximate surface area is 203 Å². The average molecular weight is 450 g/mol. The van der Waals surface area contributed by atoms with Gasteiger partial charge in [-0.2, -0.15) is 0 Å². The molecule has 1 aromatic heterocycles. The number of unbranched alkanes of at least 4 members (excludes halogenated alkanes) is 6. The molecule has 1 saturated carbocycles. The molecular weight excluding hydrogens is 402 g/mol. The Hall–Kier alpha value is -1.83. The first-order chi connectivity index (χ1) is 16.3. The molecule has 1 heterocycles. The zero-order chi connectivity index (χ0) is 23.1. The highest BCUT2D eigenvalue weighted by molar-refractivity contribution is 5.60. The molecule has 0 N–H and O–H groups in total. The molecule has 2 aromatic rings. The molecular formula is C31H47NO. The fourth-order valence-electron chi connectivity index (χ4n) is 5.22. The van der Waals surface area contributed by atoms with Gasteiger partial charge in [0.2, 0.25) is 0 Å². The minimum atomic E-state index is 0.806. The number of benzene rings is 1. The Kier molecular flexibility index (Phi) is 11.8. The first kappa shape index (κ1) is 25.8. The molecule has 0 aliphatic heterocycles. The SMILES string of the molecule is CCCCCCC[C@H]1CC[C@H](CCc2ccc(-c3ccc(OCCCCC)cc3)nc2)CC1. The zero-order valence-corrected chi connectivity index (χ0v) is 21.4. The Morgan fingerprint density at radius 2 is 1.39 bits per heavy atom. The van der Waals surface area contributed by atoms with E-state index in [1.807, 2.05) is 0 Å². The van der Waals surface area contributed by atoms with Crippen molar-refractivity contribution < 1.29 is 4.74 Å². The molecule has 33 heavy (non-hydrogen) atoms. The second kappa shape index (κ2) is 15.1. The monoisotopic (exact) mass is 449 g/mol. The van der Waals surface area contributed by atoms with Crippen LogP contribution in [0.2, 0.25) is 0 Å². The minimum absolute atomic E-state index is 0.806. The summed E-state index contributed by atoms with van der Waals surface area (Å²) in [4.78, 5) is 4.76. The molecule has 1 aliphatic rings. The van der Waals surface area contributed by atoms with Crippen LogP contribution in [-0.2, 0) is 6.42 Å². The second-order valence-electron chi connectivity index (χ2n) is 10.3. The van der Waals surface area contributed by atoms with Crippen molar-refractivity contribution >= 4 is 0 Å². The van der Waals surface area contributed by atoms with Crippen LogP contribution < -0.4 is 4.74 Å². The van der Waals surface area contributed by atoms with E-state index in [9.17, 15) is 0 Å². The highest BCUT2D eigenvalue weighted by Crippen LogP contribution is 2.34. The van der Waals surface area contributed by atoms with Crippen molar-refractivity contribution in [2.45, 2.75) is 110 Å². The highest BCUT2D eigenvalue weighted by atomic mass is 16.5. The number of aromatic nitrogens is 1. The average Bonchev–Trinajstić information content (AvgIpc) is 2.87. The molecule has 182 valence electrons. The third-order valence-corrected chi connectivity index (χ3v) is 7.51. The van der Waals surface area contributed by atoms with E-state index in [1.165, 1.54) is 95.5 Å². The van der Waals surface area contributed by atoms with Crippen molar-refractivity contribution in [2.75, 3.05) is 6.61 Å². The van der Waals surface area contributed by atoms with E-state index in [0.717, 1.165) is 41.9 Å². The lowest BCUT2D eigenvalue weighted by Gasteiger charge is -2.28. The molecule has 0 saturated heterocycles. The van der Waals surface area contributed by atoms with E-state index in [0.29, 0.717) is 0 Å². The zero-order valence-electron chi connectivity index (χ0n) is 21.4. The summed E-state index contributed by atoms with van der Waals surface area (Å²) in [5.41, 5.74) is 3.60. The molecule has 3 rings (SSSR count). The fraction of sp³-hybridized carbons (Fsp3) is 0.645. The maximum absolute atomic E-state index is 5.83. The van der Waals surface area contributed by atoms with E-state index in [-0.39, 0.29) is 0 Å². The summed E-state index contributed by atoms with van der Waals surface area (Å²) >= 11 is 0. The molecule has 0 radical (unpaired) electrons. The summed E-state index contributed by atoms with van der Waals surface area (Å²) in [6, 6.07) is 12.8. The summed E-state index contributed by atoms with van der Waals surface area (Å²) in [5, 5.41) is 0. The Bertz CT molecular complexity index is 743. The largest absolute Gasteiger partial charge is 0.494 e. The maximum Gasteiger partial charge on any atom is 0.119 e. The van der Waals surface area contributed by atoms with Crippen LogP contribution in [0, 0.1) is 11.8 Å². The van der Waals surface area contributed by atoms with Crippen LogP contribution in [0.1, 0.15) is 109 Å². The van der Waals surface area contributed by atoms with Crippen LogP contribution in [0.4, 0.5) is 0 Å². The molecule has 2 heteroatoms. The van der Waals surface area contributed by atoms with Crippen LogP contribution in [0.15, 0.2) is 42.6 Å². The van der Waals surface area contributed by atoms with Gasteiger partial charge in [-0.25, -0.2) is 0 Å². The Balaban J connectivity index is 1.35. The van der Waals surface area contributed by atoms with Crippen molar-refractivity contribution in [1.29, 1.82) is 0 Å². The van der Waals surface area contributed by atoms with Crippen LogP contribution in [0.5, 0.6) is 5.75 Å². The van der Waals surface area contributed by atoms with Crippen molar-refractivity contribution in [3.05, 3.63) is 48.2 Å². The number of rotatable bonds is 15. The van der Waals surface area contributed by atoms with E-state index in [2.05, 4.69) is 56.4 Å². The van der Waals surface area contributed by atoms with Gasteiger partial charge >= 0.3 is 0 Å². The number of nitrogens with zero attached hydrogens (tertiary/aromatic N) is 1. The van der Waals surface area contributed by atoms with Gasteiger partial charge < -0.3 is 4.74 Å². The topological polar surface area (TPSA) is 22.1 Å². The van der Waals surface area contributed by atoms with Gasteiger partial charge in [-0.05, 0) is 67.0 Å². The Morgan fingerprint density at radius 1 is 0.727 bits per heavy atom. The summed E-state index contributed by atoms with van der Waals surface area (Å²) in [5.74, 6) is 2.89. The molecule has 1 aromatic carbocycles. The number of aryl methyl sites for hydroxylation is 1. The van der Waals surface area contributed by atoms with E-state index in [1.54, 1.807) is 0 Å². The van der Waals surface area contributed by atoms with Crippen LogP contribution in [0.3, 0.4) is 0 Å². The summed E-state index contributed by atoms with van der Waals surface area (Å²) < 4.78 is 5.83. The molecule has 0 atom stereocenters. The predicted octanol–water partition coefficient (Wildman–Crippen LogP) is 9.42. The van der Waals surface area contributed by atoms with Gasteiger partial charge in [-0.1, -0.05) is 97.0 Å². The fourth-order valence-corrected chi connectivity index (χ4v) is 5.22. The summed E-state index contributed by atoms with van der Waals surface area (Å²) in [7, 11) is 0. The molecule has 0 unspecified atom stereocenters. The number of hydrogen-bond acceptors (Lipinski definition) is 2. The van der Waals surface area contributed by atoms with Crippen LogP contribution >= 0.6 is 0 Å². The molecule has 2 nitrogen and oxygen atoms in total.